The van der Waals surface area contributed by atoms with Gasteiger partial charge in [-0.3, -0.25) is 14.9 Å². The maximum atomic E-state index is 11.7. The number of amides is 1. The number of carbonyl (C=O) groups excluding carboxylic acids is 2. The summed E-state index contributed by atoms with van der Waals surface area (Å²) in [5.74, 6) is 0.242. The minimum Gasteiger partial charge on any atom is -0.469 e. The van der Waals surface area contributed by atoms with Crippen molar-refractivity contribution in [1.29, 1.82) is 0 Å². The molecule has 1 N–H and O–H groups in total. The summed E-state index contributed by atoms with van der Waals surface area (Å²) in [6, 6.07) is 1.63. The zero-order valence-electron chi connectivity index (χ0n) is 9.31. The quantitative estimate of drug-likeness (QED) is 0.849. The third kappa shape index (κ3) is 2.59. The molecule has 0 aliphatic heterocycles. The Hall–Kier alpha value is -1.95. The summed E-state index contributed by atoms with van der Waals surface area (Å²) in [7, 11) is 0. The molecule has 0 unspecified atom stereocenters. The standard InChI is InChI=1S/C11H10N2O3S/c1-6-3-8(4-16-6)10(15)13-11-12-9(5-17-11)7(2)14/h3-5H,1-2H3,(H,12,13,15). The van der Waals surface area contributed by atoms with Crippen LogP contribution in [0.1, 0.15) is 33.5 Å². The Morgan fingerprint density at radius 3 is 2.76 bits per heavy atom. The fourth-order valence-corrected chi connectivity index (χ4v) is 1.97. The molecule has 0 saturated heterocycles. The average Bonchev–Trinajstić information content (AvgIpc) is 2.86. The minimum absolute atomic E-state index is 0.124. The zero-order valence-corrected chi connectivity index (χ0v) is 10.1. The van der Waals surface area contributed by atoms with Crippen LogP contribution in [0.5, 0.6) is 0 Å². The van der Waals surface area contributed by atoms with E-state index in [0.717, 1.165) is 0 Å². The first-order valence-electron chi connectivity index (χ1n) is 4.89. The molecule has 2 rings (SSSR count). The number of thiazole rings is 1. The molecule has 6 heteroatoms. The lowest BCUT2D eigenvalue weighted by atomic mass is 10.3. The molecule has 0 aliphatic carbocycles. The number of furan rings is 1. The van der Waals surface area contributed by atoms with E-state index in [1.54, 1.807) is 18.4 Å². The monoisotopic (exact) mass is 250 g/mol. The van der Waals surface area contributed by atoms with Gasteiger partial charge in [0.05, 0.1) is 5.56 Å². The first kappa shape index (κ1) is 11.5. The highest BCUT2D eigenvalue weighted by atomic mass is 32.1. The molecule has 0 fully saturated rings. The maximum absolute atomic E-state index is 11.7. The van der Waals surface area contributed by atoms with Gasteiger partial charge in [-0.25, -0.2) is 4.98 Å². The molecule has 0 aromatic carbocycles. The van der Waals surface area contributed by atoms with Crippen molar-refractivity contribution in [1.82, 2.24) is 4.98 Å². The number of rotatable bonds is 3. The van der Waals surface area contributed by atoms with Gasteiger partial charge in [0.1, 0.15) is 17.7 Å². The lowest BCUT2D eigenvalue weighted by molar-refractivity contribution is 0.100. The molecular formula is C11H10N2O3S. The maximum Gasteiger partial charge on any atom is 0.260 e. The van der Waals surface area contributed by atoms with E-state index in [2.05, 4.69) is 10.3 Å². The van der Waals surface area contributed by atoms with Crippen molar-refractivity contribution in [3.05, 3.63) is 34.7 Å². The Bertz CT molecular complexity index is 571. The number of hydrogen-bond donors (Lipinski definition) is 1. The van der Waals surface area contributed by atoms with Crippen molar-refractivity contribution in [3.8, 4) is 0 Å². The van der Waals surface area contributed by atoms with Crippen LogP contribution in [0.4, 0.5) is 5.13 Å². The second-order valence-electron chi connectivity index (χ2n) is 3.49. The fourth-order valence-electron chi connectivity index (χ4n) is 1.22. The molecule has 2 aromatic heterocycles. The van der Waals surface area contributed by atoms with Gasteiger partial charge < -0.3 is 4.42 Å². The second kappa shape index (κ2) is 4.50. The van der Waals surface area contributed by atoms with Crippen molar-refractivity contribution in [2.24, 2.45) is 0 Å². The highest BCUT2D eigenvalue weighted by molar-refractivity contribution is 7.14. The number of aryl methyl sites for hydroxylation is 1. The SMILES string of the molecule is CC(=O)c1csc(NC(=O)c2coc(C)c2)n1. The van der Waals surface area contributed by atoms with Gasteiger partial charge in [0, 0.05) is 12.3 Å². The Labute approximate surface area is 101 Å². The third-order valence-electron chi connectivity index (χ3n) is 2.08. The zero-order chi connectivity index (χ0) is 12.4. The molecule has 1 amide bonds. The average molecular weight is 250 g/mol. The summed E-state index contributed by atoms with van der Waals surface area (Å²) in [4.78, 5) is 26.7. The molecular weight excluding hydrogens is 240 g/mol. The number of aromatic nitrogens is 1. The van der Waals surface area contributed by atoms with Gasteiger partial charge in [-0.05, 0) is 13.0 Å². The topological polar surface area (TPSA) is 72.2 Å². The van der Waals surface area contributed by atoms with Crippen molar-refractivity contribution in [3.63, 3.8) is 0 Å². The van der Waals surface area contributed by atoms with Crippen LogP contribution in [0, 0.1) is 6.92 Å². The van der Waals surface area contributed by atoms with Crippen molar-refractivity contribution < 1.29 is 14.0 Å². The van der Waals surface area contributed by atoms with Crippen molar-refractivity contribution in [2.45, 2.75) is 13.8 Å². The van der Waals surface area contributed by atoms with E-state index >= 15 is 0 Å². The Morgan fingerprint density at radius 2 is 2.24 bits per heavy atom. The molecule has 0 saturated carbocycles. The van der Waals surface area contributed by atoms with Crippen LogP contribution in [0.3, 0.4) is 0 Å². The molecule has 17 heavy (non-hydrogen) atoms. The summed E-state index contributed by atoms with van der Waals surface area (Å²) in [6.45, 7) is 3.19. The van der Waals surface area contributed by atoms with Gasteiger partial charge >= 0.3 is 0 Å². The molecule has 0 bridgehead atoms. The van der Waals surface area contributed by atoms with E-state index in [9.17, 15) is 9.59 Å². The van der Waals surface area contributed by atoms with E-state index in [-0.39, 0.29) is 11.7 Å². The van der Waals surface area contributed by atoms with Crippen LogP contribution in [-0.4, -0.2) is 16.7 Å². The number of carbonyl (C=O) groups is 2. The summed E-state index contributed by atoms with van der Waals surface area (Å²) >= 11 is 1.21. The number of ketones is 1. The van der Waals surface area contributed by atoms with Gasteiger partial charge in [-0.1, -0.05) is 0 Å². The Kier molecular flexibility index (Phi) is 3.06. The smallest absolute Gasteiger partial charge is 0.260 e. The predicted octanol–water partition coefficient (Wildman–Crippen LogP) is 2.50. The first-order valence-corrected chi connectivity index (χ1v) is 5.77. The second-order valence-corrected chi connectivity index (χ2v) is 4.35. The van der Waals surface area contributed by atoms with Crippen LogP contribution < -0.4 is 5.32 Å². The molecule has 0 spiro atoms. The van der Waals surface area contributed by atoms with Crippen LogP contribution in [0.25, 0.3) is 0 Å². The van der Waals surface area contributed by atoms with E-state index in [0.29, 0.717) is 22.1 Å². The number of nitrogens with one attached hydrogen (secondary N) is 1. The summed E-state index contributed by atoms with van der Waals surface area (Å²) < 4.78 is 5.03. The van der Waals surface area contributed by atoms with Crippen LogP contribution in [0.2, 0.25) is 0 Å². The van der Waals surface area contributed by atoms with E-state index < -0.39 is 0 Å². The molecule has 0 atom stereocenters. The van der Waals surface area contributed by atoms with Gasteiger partial charge in [0.15, 0.2) is 10.9 Å². The van der Waals surface area contributed by atoms with Gasteiger partial charge in [0.2, 0.25) is 0 Å². The molecule has 0 aliphatic rings. The van der Waals surface area contributed by atoms with Gasteiger partial charge in [-0.15, -0.1) is 11.3 Å². The largest absolute Gasteiger partial charge is 0.469 e. The summed E-state index contributed by atoms with van der Waals surface area (Å²) in [5, 5.41) is 4.61. The van der Waals surface area contributed by atoms with Crippen LogP contribution in [-0.2, 0) is 0 Å². The van der Waals surface area contributed by atoms with Crippen molar-refractivity contribution in [2.75, 3.05) is 5.32 Å². The lowest BCUT2D eigenvalue weighted by Crippen LogP contribution is -2.10. The van der Waals surface area contributed by atoms with Crippen LogP contribution in [0.15, 0.2) is 22.1 Å². The highest BCUT2D eigenvalue weighted by Gasteiger charge is 2.12. The highest BCUT2D eigenvalue weighted by Crippen LogP contribution is 2.17. The lowest BCUT2D eigenvalue weighted by Gasteiger charge is -1.96. The number of Topliss-reactive ketones (excluding diaryl/α,β-unsaturated/α-hetero) is 1. The summed E-state index contributed by atoms with van der Waals surface area (Å²) in [5.41, 5.74) is 0.788. The first-order chi connectivity index (χ1) is 8.06. The Morgan fingerprint density at radius 1 is 1.47 bits per heavy atom. The van der Waals surface area contributed by atoms with E-state index in [1.807, 2.05) is 0 Å². The fraction of sp³-hybridized carbons (Fsp3) is 0.182. The normalized spacial score (nSPS) is 10.2. The third-order valence-corrected chi connectivity index (χ3v) is 2.84. The Balaban J connectivity index is 2.10. The molecule has 88 valence electrons. The molecule has 5 nitrogen and oxygen atoms in total. The van der Waals surface area contributed by atoms with E-state index in [1.165, 1.54) is 24.5 Å². The number of hydrogen-bond acceptors (Lipinski definition) is 5. The van der Waals surface area contributed by atoms with Crippen molar-refractivity contribution >= 4 is 28.2 Å². The van der Waals surface area contributed by atoms with Gasteiger partial charge in [-0.2, -0.15) is 0 Å². The summed E-state index contributed by atoms with van der Waals surface area (Å²) in [6.07, 6.45) is 1.38. The number of nitrogens with zero attached hydrogens (tertiary/aromatic N) is 1. The van der Waals surface area contributed by atoms with Crippen LogP contribution >= 0.6 is 11.3 Å². The molecule has 2 heterocycles. The molecule has 0 radical (unpaired) electrons. The van der Waals surface area contributed by atoms with E-state index in [4.69, 9.17) is 4.42 Å². The minimum atomic E-state index is -0.300. The predicted molar refractivity (Wildman–Crippen MR) is 63.5 cm³/mol. The van der Waals surface area contributed by atoms with Gasteiger partial charge in [0.25, 0.3) is 5.91 Å². The molecule has 2 aromatic rings. The number of anilines is 1.